The number of H-pyrrole nitrogens is 1. The number of benzene rings is 1. The first kappa shape index (κ1) is 20.4. The molecule has 3 rings (SSSR count). The molecule has 3 N–H and O–H groups in total. The number of nitrogens with one attached hydrogen (secondary N) is 1. The molecule has 0 atom stereocenters. The van der Waals surface area contributed by atoms with Gasteiger partial charge in [-0.3, -0.25) is 5.73 Å². The van der Waals surface area contributed by atoms with Gasteiger partial charge in [0, 0.05) is 17.5 Å². The van der Waals surface area contributed by atoms with Crippen LogP contribution in [0, 0.1) is 11.3 Å². The van der Waals surface area contributed by atoms with Crippen LogP contribution < -0.4 is 10.7 Å². The second-order valence-corrected chi connectivity index (χ2v) is 8.46. The van der Waals surface area contributed by atoms with Gasteiger partial charge in [0.25, 0.3) is 5.82 Å². The van der Waals surface area contributed by atoms with Crippen LogP contribution in [-0.2, 0) is 12.8 Å². The maximum atomic E-state index is 9.86. The van der Waals surface area contributed by atoms with Crippen LogP contribution in [0.15, 0.2) is 24.3 Å². The van der Waals surface area contributed by atoms with E-state index in [0.29, 0.717) is 17.3 Å². The third kappa shape index (κ3) is 4.73. The van der Waals surface area contributed by atoms with Gasteiger partial charge < -0.3 is 0 Å². The van der Waals surface area contributed by atoms with Crippen LogP contribution in [0.1, 0.15) is 93.5 Å². The van der Waals surface area contributed by atoms with Gasteiger partial charge in [-0.05, 0) is 36.3 Å². The minimum Gasteiger partial charge on any atom is -0.286 e. The Kier molecular flexibility index (Phi) is 7.09. The maximum absolute atomic E-state index is 9.86. The molecule has 1 aliphatic carbocycles. The lowest BCUT2D eigenvalue weighted by Crippen LogP contribution is -2.23. The number of nitrogens with two attached hydrogens (primary N) is 1. The predicted octanol–water partition coefficient (Wildman–Crippen LogP) is 5.96. The van der Waals surface area contributed by atoms with Crippen LogP contribution in [0.3, 0.4) is 0 Å². The van der Waals surface area contributed by atoms with Crippen molar-refractivity contribution in [2.24, 2.45) is 0 Å². The fraction of sp³-hybridized carbons (Fsp3) is 0.520. The molecule has 0 radical (unpaired) electrons. The van der Waals surface area contributed by atoms with Crippen LogP contribution in [-0.4, -0.2) is 0 Å². The molecule has 0 aliphatic heterocycles. The summed E-state index contributed by atoms with van der Waals surface area (Å²) in [6.45, 7) is 4.41. The van der Waals surface area contributed by atoms with E-state index in [1.165, 1.54) is 68.2 Å². The number of aryl methyl sites for hydroxylation is 1. The first-order chi connectivity index (χ1) is 13.6. The van der Waals surface area contributed by atoms with Crippen molar-refractivity contribution in [1.82, 2.24) is 0 Å². The summed E-state index contributed by atoms with van der Waals surface area (Å²) in [5.41, 5.74) is 12.9. The average molecular weight is 377 g/mol. The summed E-state index contributed by atoms with van der Waals surface area (Å²) in [6, 6.07) is 11.1. The fourth-order valence-corrected chi connectivity index (χ4v) is 4.36. The number of rotatable bonds is 2. The van der Waals surface area contributed by atoms with Crippen LogP contribution in [0.4, 0.5) is 5.82 Å². The van der Waals surface area contributed by atoms with Crippen molar-refractivity contribution in [2.45, 2.75) is 84.0 Å². The largest absolute Gasteiger partial charge is 0.289 e. The minimum absolute atomic E-state index is 0.499. The predicted molar refractivity (Wildman–Crippen MR) is 116 cm³/mol. The zero-order valence-electron chi connectivity index (χ0n) is 17.5. The van der Waals surface area contributed by atoms with Gasteiger partial charge in [0.05, 0.1) is 0 Å². The second-order valence-electron chi connectivity index (χ2n) is 8.46. The van der Waals surface area contributed by atoms with Crippen molar-refractivity contribution in [2.75, 3.05) is 5.73 Å². The molecule has 1 heterocycles. The standard InChI is InChI=1S/C25H33N3/c1-18(2)19-13-15-20(16-14-19)24-21-11-9-7-5-3-4-6-8-10-12-23(21)28-25(27)22(24)17-26/h13-16,18H,3-12H2,1-2H3,(H2,27,28)/p+1. The average Bonchev–Trinajstić information content (AvgIpc) is 2.68. The number of nitrogen functional groups attached to an aromatic ring is 1. The molecular weight excluding hydrogens is 342 g/mol. The van der Waals surface area contributed by atoms with E-state index in [-0.39, 0.29) is 0 Å². The Balaban J connectivity index is 2.09. The van der Waals surface area contributed by atoms with Crippen molar-refractivity contribution in [3.05, 3.63) is 46.6 Å². The molecule has 148 valence electrons. The molecule has 0 fully saturated rings. The van der Waals surface area contributed by atoms with E-state index in [4.69, 9.17) is 5.73 Å². The number of aromatic amines is 1. The maximum Gasteiger partial charge on any atom is 0.289 e. The molecule has 3 heteroatoms. The van der Waals surface area contributed by atoms with Gasteiger partial charge in [-0.2, -0.15) is 5.26 Å². The van der Waals surface area contributed by atoms with Gasteiger partial charge in [0.15, 0.2) is 0 Å². The Labute approximate surface area is 170 Å². The van der Waals surface area contributed by atoms with Crippen LogP contribution in [0.25, 0.3) is 11.1 Å². The van der Waals surface area contributed by atoms with Crippen LogP contribution in [0.5, 0.6) is 0 Å². The number of nitrogens with zero attached hydrogens (tertiary/aromatic N) is 1. The highest BCUT2D eigenvalue weighted by atomic mass is 14.9. The van der Waals surface area contributed by atoms with Crippen molar-refractivity contribution >= 4 is 5.82 Å². The monoisotopic (exact) mass is 376 g/mol. The SMILES string of the molecule is CC(C)c1ccc(-c2c(C#N)c(N)[nH+]c3c2CCCCCCCCCC3)cc1. The van der Waals surface area contributed by atoms with Gasteiger partial charge in [-0.25, -0.2) is 4.98 Å². The second kappa shape index (κ2) is 9.73. The van der Waals surface area contributed by atoms with E-state index in [1.807, 2.05) is 0 Å². The first-order valence-corrected chi connectivity index (χ1v) is 11.0. The Hall–Kier alpha value is -2.34. The first-order valence-electron chi connectivity index (χ1n) is 11.0. The number of hydrogen-bond acceptors (Lipinski definition) is 2. The van der Waals surface area contributed by atoms with E-state index >= 15 is 0 Å². The number of nitriles is 1. The molecule has 1 aromatic heterocycles. The van der Waals surface area contributed by atoms with Crippen molar-refractivity contribution in [3.63, 3.8) is 0 Å². The van der Waals surface area contributed by atoms with Gasteiger partial charge >= 0.3 is 0 Å². The minimum atomic E-state index is 0.499. The van der Waals surface area contributed by atoms with E-state index in [9.17, 15) is 5.26 Å². The Morgan fingerprint density at radius 3 is 2.04 bits per heavy atom. The Morgan fingerprint density at radius 2 is 1.46 bits per heavy atom. The number of hydrogen-bond donors (Lipinski definition) is 1. The molecule has 0 amide bonds. The summed E-state index contributed by atoms with van der Waals surface area (Å²) in [7, 11) is 0. The smallest absolute Gasteiger partial charge is 0.286 e. The number of fused-ring (bicyclic) bond motifs is 1. The molecule has 3 nitrogen and oxygen atoms in total. The van der Waals surface area contributed by atoms with Gasteiger partial charge in [-0.15, -0.1) is 0 Å². The Bertz CT molecular complexity index is 828. The summed E-state index contributed by atoms with van der Waals surface area (Å²) in [5.74, 6) is 1.01. The van der Waals surface area contributed by atoms with Crippen molar-refractivity contribution < 1.29 is 4.98 Å². The van der Waals surface area contributed by atoms with E-state index in [2.05, 4.69) is 49.2 Å². The zero-order valence-corrected chi connectivity index (χ0v) is 17.5. The normalized spacial score (nSPS) is 15.9. The van der Waals surface area contributed by atoms with Gasteiger partial charge in [-0.1, -0.05) is 76.6 Å². The van der Waals surface area contributed by atoms with Crippen LogP contribution >= 0.6 is 0 Å². The van der Waals surface area contributed by atoms with E-state index < -0.39 is 0 Å². The molecule has 1 aromatic carbocycles. The number of aromatic nitrogens is 1. The summed E-state index contributed by atoms with van der Waals surface area (Å²) >= 11 is 0. The summed E-state index contributed by atoms with van der Waals surface area (Å²) in [4.78, 5) is 3.39. The van der Waals surface area contributed by atoms with Crippen molar-refractivity contribution in [3.8, 4) is 17.2 Å². The number of anilines is 1. The summed E-state index contributed by atoms with van der Waals surface area (Å²) in [5, 5.41) is 9.86. The lowest BCUT2D eigenvalue weighted by molar-refractivity contribution is -0.374. The Morgan fingerprint density at radius 1 is 0.893 bits per heavy atom. The molecule has 0 saturated carbocycles. The highest BCUT2D eigenvalue weighted by Crippen LogP contribution is 2.33. The third-order valence-corrected chi connectivity index (χ3v) is 6.05. The van der Waals surface area contributed by atoms with Crippen molar-refractivity contribution in [1.29, 1.82) is 5.26 Å². The molecule has 0 unspecified atom stereocenters. The van der Waals surface area contributed by atoms with E-state index in [1.54, 1.807) is 0 Å². The molecule has 28 heavy (non-hydrogen) atoms. The third-order valence-electron chi connectivity index (χ3n) is 6.05. The highest BCUT2D eigenvalue weighted by molar-refractivity contribution is 5.77. The highest BCUT2D eigenvalue weighted by Gasteiger charge is 2.23. The molecule has 1 aliphatic rings. The number of pyridine rings is 1. The van der Waals surface area contributed by atoms with Gasteiger partial charge in [0.1, 0.15) is 17.3 Å². The summed E-state index contributed by atoms with van der Waals surface area (Å²) < 4.78 is 0. The quantitative estimate of drug-likeness (QED) is 0.702. The summed E-state index contributed by atoms with van der Waals surface area (Å²) in [6.07, 6.45) is 12.3. The zero-order chi connectivity index (χ0) is 19.9. The molecule has 0 spiro atoms. The van der Waals surface area contributed by atoms with Gasteiger partial charge in [0.2, 0.25) is 0 Å². The molecular formula is C25H34N3+. The molecule has 0 saturated heterocycles. The fourth-order valence-electron chi connectivity index (χ4n) is 4.36. The topological polar surface area (TPSA) is 64.0 Å². The van der Waals surface area contributed by atoms with E-state index in [0.717, 1.165) is 24.0 Å². The molecule has 2 aromatic rings. The molecule has 0 bridgehead atoms. The lowest BCUT2D eigenvalue weighted by atomic mass is 9.88. The van der Waals surface area contributed by atoms with Crippen LogP contribution in [0.2, 0.25) is 0 Å². The lowest BCUT2D eigenvalue weighted by Gasteiger charge is -2.17.